The lowest BCUT2D eigenvalue weighted by Gasteiger charge is -2.07. The van der Waals surface area contributed by atoms with E-state index >= 15 is 0 Å². The van der Waals surface area contributed by atoms with Crippen molar-refractivity contribution in [1.29, 1.82) is 0 Å². The van der Waals surface area contributed by atoms with E-state index in [1.807, 2.05) is 42.5 Å². The molecule has 1 aliphatic rings. The fourth-order valence-electron chi connectivity index (χ4n) is 3.47. The number of ether oxygens (including phenoxy) is 1. The van der Waals surface area contributed by atoms with E-state index in [0.29, 0.717) is 11.1 Å². The van der Waals surface area contributed by atoms with Crippen LogP contribution in [0.5, 0.6) is 0 Å². The molecule has 0 saturated heterocycles. The van der Waals surface area contributed by atoms with Crippen LogP contribution in [0, 0.1) is 0 Å². The van der Waals surface area contributed by atoms with Crippen molar-refractivity contribution in [3.8, 4) is 11.1 Å². The second-order valence-electron chi connectivity index (χ2n) is 6.76. The fourth-order valence-corrected chi connectivity index (χ4v) is 3.47. The molecule has 0 saturated carbocycles. The standard InChI is InChI=1S/C24H20O3/c1-2-16-7-9-17(10-8-16)24(26)27-15-23(25)20-12-11-19-13-18-5-3-4-6-21(18)22(19)14-20/h3-12,14H,2,13,15H2,1H3. The Hall–Kier alpha value is -3.20. The number of aryl methyl sites for hydroxylation is 1. The molecule has 0 fully saturated rings. The highest BCUT2D eigenvalue weighted by Gasteiger charge is 2.20. The van der Waals surface area contributed by atoms with Crippen LogP contribution in [0.15, 0.2) is 66.7 Å². The minimum atomic E-state index is -0.475. The SMILES string of the molecule is CCc1ccc(C(=O)OCC(=O)c2ccc3c(c2)-c2ccccc2C3)cc1. The van der Waals surface area contributed by atoms with Crippen LogP contribution in [-0.2, 0) is 17.6 Å². The Kier molecular flexibility index (Phi) is 4.59. The van der Waals surface area contributed by atoms with Crippen molar-refractivity contribution in [2.24, 2.45) is 0 Å². The van der Waals surface area contributed by atoms with Crippen molar-refractivity contribution >= 4 is 11.8 Å². The van der Waals surface area contributed by atoms with Gasteiger partial charge in [0.2, 0.25) is 0 Å². The predicted octanol–water partition coefficient (Wildman–Crippen LogP) is 4.86. The van der Waals surface area contributed by atoms with Crippen LogP contribution in [0.3, 0.4) is 0 Å². The van der Waals surface area contributed by atoms with Crippen LogP contribution < -0.4 is 0 Å². The van der Waals surface area contributed by atoms with E-state index in [0.717, 1.165) is 24.0 Å². The molecular weight excluding hydrogens is 336 g/mol. The minimum absolute atomic E-state index is 0.194. The van der Waals surface area contributed by atoms with Crippen LogP contribution in [0.4, 0.5) is 0 Å². The van der Waals surface area contributed by atoms with Crippen LogP contribution in [0.2, 0.25) is 0 Å². The normalized spacial score (nSPS) is 11.6. The number of hydrogen-bond acceptors (Lipinski definition) is 3. The van der Waals surface area contributed by atoms with E-state index in [4.69, 9.17) is 4.74 Å². The van der Waals surface area contributed by atoms with Gasteiger partial charge in [0.1, 0.15) is 0 Å². The third-order valence-corrected chi connectivity index (χ3v) is 5.05. The second kappa shape index (κ2) is 7.20. The molecule has 3 nitrogen and oxygen atoms in total. The highest BCUT2D eigenvalue weighted by atomic mass is 16.5. The van der Waals surface area contributed by atoms with Gasteiger partial charge >= 0.3 is 5.97 Å². The zero-order valence-corrected chi connectivity index (χ0v) is 15.2. The lowest BCUT2D eigenvalue weighted by molar-refractivity contribution is 0.0475. The molecule has 0 amide bonds. The molecule has 134 valence electrons. The molecule has 0 atom stereocenters. The molecule has 1 aliphatic carbocycles. The Morgan fingerprint density at radius 1 is 0.852 bits per heavy atom. The topological polar surface area (TPSA) is 43.4 Å². The number of benzene rings is 3. The summed E-state index contributed by atoms with van der Waals surface area (Å²) < 4.78 is 5.22. The Labute approximate surface area is 158 Å². The molecule has 0 radical (unpaired) electrons. The van der Waals surface area contributed by atoms with Crippen molar-refractivity contribution in [3.05, 3.63) is 94.5 Å². The Balaban J connectivity index is 1.46. The van der Waals surface area contributed by atoms with Crippen molar-refractivity contribution in [2.75, 3.05) is 6.61 Å². The molecule has 3 aromatic rings. The van der Waals surface area contributed by atoms with Crippen molar-refractivity contribution in [3.63, 3.8) is 0 Å². The minimum Gasteiger partial charge on any atom is -0.454 e. The summed E-state index contributed by atoms with van der Waals surface area (Å²) in [6, 6.07) is 21.2. The first kappa shape index (κ1) is 17.2. The van der Waals surface area contributed by atoms with Gasteiger partial charge in [0, 0.05) is 5.56 Å². The molecule has 0 bridgehead atoms. The van der Waals surface area contributed by atoms with Crippen molar-refractivity contribution in [1.82, 2.24) is 0 Å². The summed E-state index contributed by atoms with van der Waals surface area (Å²) in [5.41, 5.74) is 6.96. The van der Waals surface area contributed by atoms with Gasteiger partial charge in [-0.05, 0) is 58.9 Å². The molecule has 27 heavy (non-hydrogen) atoms. The molecule has 3 aromatic carbocycles. The van der Waals surface area contributed by atoms with Gasteiger partial charge in [-0.25, -0.2) is 4.79 Å². The number of ketones is 1. The Morgan fingerprint density at radius 3 is 2.33 bits per heavy atom. The van der Waals surface area contributed by atoms with E-state index in [9.17, 15) is 9.59 Å². The smallest absolute Gasteiger partial charge is 0.338 e. The lowest BCUT2D eigenvalue weighted by atomic mass is 10.0. The van der Waals surface area contributed by atoms with Gasteiger partial charge in [-0.2, -0.15) is 0 Å². The molecule has 4 rings (SSSR count). The zero-order valence-electron chi connectivity index (χ0n) is 15.2. The third-order valence-electron chi connectivity index (χ3n) is 5.05. The van der Waals surface area contributed by atoms with Crippen molar-refractivity contribution < 1.29 is 14.3 Å². The molecule has 0 aliphatic heterocycles. The van der Waals surface area contributed by atoms with E-state index in [1.54, 1.807) is 12.1 Å². The second-order valence-corrected chi connectivity index (χ2v) is 6.76. The maximum atomic E-state index is 12.5. The summed E-state index contributed by atoms with van der Waals surface area (Å²) in [6.45, 7) is 1.80. The fraction of sp³-hybridized carbons (Fsp3) is 0.167. The number of rotatable bonds is 5. The number of Topliss-reactive ketones (excluding diaryl/α,β-unsaturated/α-hetero) is 1. The molecular formula is C24H20O3. The van der Waals surface area contributed by atoms with Gasteiger partial charge in [-0.1, -0.05) is 55.5 Å². The Bertz CT molecular complexity index is 1020. The number of carbonyl (C=O) groups is 2. The summed E-state index contributed by atoms with van der Waals surface area (Å²) >= 11 is 0. The first-order valence-corrected chi connectivity index (χ1v) is 9.16. The van der Waals surface area contributed by atoms with Gasteiger partial charge < -0.3 is 4.74 Å². The summed E-state index contributed by atoms with van der Waals surface area (Å²) in [5.74, 6) is -0.668. The van der Waals surface area contributed by atoms with Gasteiger partial charge in [0.05, 0.1) is 5.56 Å². The van der Waals surface area contributed by atoms with Crippen LogP contribution in [0.25, 0.3) is 11.1 Å². The zero-order chi connectivity index (χ0) is 18.8. The summed E-state index contributed by atoms with van der Waals surface area (Å²) in [7, 11) is 0. The maximum absolute atomic E-state index is 12.5. The monoisotopic (exact) mass is 356 g/mol. The van der Waals surface area contributed by atoms with Crippen LogP contribution in [-0.4, -0.2) is 18.4 Å². The highest BCUT2D eigenvalue weighted by molar-refractivity contribution is 6.00. The number of fused-ring (bicyclic) bond motifs is 3. The van der Waals surface area contributed by atoms with Gasteiger partial charge in [0.25, 0.3) is 0 Å². The molecule has 0 N–H and O–H groups in total. The van der Waals surface area contributed by atoms with Crippen LogP contribution in [0.1, 0.15) is 44.3 Å². The number of hydrogen-bond donors (Lipinski definition) is 0. The van der Waals surface area contributed by atoms with Gasteiger partial charge in [-0.3, -0.25) is 4.79 Å². The van der Waals surface area contributed by atoms with E-state index in [1.165, 1.54) is 16.7 Å². The first-order valence-electron chi connectivity index (χ1n) is 9.16. The molecule has 3 heteroatoms. The number of carbonyl (C=O) groups excluding carboxylic acids is 2. The summed E-state index contributed by atoms with van der Waals surface area (Å²) in [6.07, 6.45) is 1.80. The van der Waals surface area contributed by atoms with Crippen LogP contribution >= 0.6 is 0 Å². The van der Waals surface area contributed by atoms with E-state index < -0.39 is 5.97 Å². The average molecular weight is 356 g/mol. The Morgan fingerprint density at radius 2 is 1.56 bits per heavy atom. The van der Waals surface area contributed by atoms with Gasteiger partial charge in [-0.15, -0.1) is 0 Å². The van der Waals surface area contributed by atoms with E-state index in [-0.39, 0.29) is 12.4 Å². The molecule has 0 heterocycles. The first-order chi connectivity index (χ1) is 13.2. The molecule has 0 aromatic heterocycles. The van der Waals surface area contributed by atoms with Crippen molar-refractivity contribution in [2.45, 2.75) is 19.8 Å². The summed E-state index contributed by atoms with van der Waals surface area (Å²) in [5, 5.41) is 0. The molecule has 0 unspecified atom stereocenters. The van der Waals surface area contributed by atoms with Gasteiger partial charge in [0.15, 0.2) is 12.4 Å². The predicted molar refractivity (Wildman–Crippen MR) is 105 cm³/mol. The maximum Gasteiger partial charge on any atom is 0.338 e. The summed E-state index contributed by atoms with van der Waals surface area (Å²) in [4.78, 5) is 24.7. The lowest BCUT2D eigenvalue weighted by Crippen LogP contribution is -2.14. The third kappa shape index (κ3) is 3.41. The largest absolute Gasteiger partial charge is 0.454 e. The average Bonchev–Trinajstić information content (AvgIpc) is 3.09. The van der Waals surface area contributed by atoms with E-state index in [2.05, 4.69) is 19.1 Å². The number of esters is 1. The highest BCUT2D eigenvalue weighted by Crippen LogP contribution is 2.36. The quantitative estimate of drug-likeness (QED) is 0.379. The molecule has 0 spiro atoms.